The normalized spacial score (nSPS) is 21.7. The van der Waals surface area contributed by atoms with Crippen LogP contribution in [0.4, 0.5) is 5.69 Å². The fourth-order valence-electron chi connectivity index (χ4n) is 6.09. The minimum atomic E-state index is -0.585. The number of hydrogen-bond acceptors (Lipinski definition) is 3. The minimum Gasteiger partial charge on any atom is -0.339 e. The van der Waals surface area contributed by atoms with Gasteiger partial charge < -0.3 is 14.4 Å². The molecule has 1 saturated carbocycles. The number of aryl methyl sites for hydroxylation is 1. The van der Waals surface area contributed by atoms with Gasteiger partial charge in [0.25, 0.3) is 0 Å². The summed E-state index contributed by atoms with van der Waals surface area (Å²) in [5, 5.41) is 0. The molecule has 1 saturated heterocycles. The van der Waals surface area contributed by atoms with Gasteiger partial charge in [0, 0.05) is 36.4 Å². The summed E-state index contributed by atoms with van der Waals surface area (Å²) < 4.78 is 2.41. The zero-order valence-electron chi connectivity index (χ0n) is 19.9. The third kappa shape index (κ3) is 3.09. The molecule has 6 nitrogen and oxygen atoms in total. The number of anilines is 1. The Morgan fingerprint density at radius 3 is 2.64 bits per heavy atom. The minimum absolute atomic E-state index is 0.136. The molecule has 1 spiro atoms. The summed E-state index contributed by atoms with van der Waals surface area (Å²) in [6, 6.07) is 8.18. The van der Waals surface area contributed by atoms with Crippen LogP contribution in [0.2, 0.25) is 0 Å². The highest BCUT2D eigenvalue weighted by atomic mass is 16.2. The number of carbonyl (C=O) groups is 2. The van der Waals surface area contributed by atoms with Crippen LogP contribution >= 0.6 is 0 Å². The van der Waals surface area contributed by atoms with Crippen molar-refractivity contribution >= 4 is 17.5 Å². The first-order valence-corrected chi connectivity index (χ1v) is 12.7. The molecule has 0 radical (unpaired) electrons. The van der Waals surface area contributed by atoms with Crippen LogP contribution in [0.15, 0.2) is 24.3 Å². The molecule has 2 aromatic rings. The topological polar surface area (TPSA) is 58.4 Å². The average molecular weight is 447 g/mol. The standard InChI is InChI=1S/C27H34N4O2/c1-3-4-15-30-22-12-8-6-10-20(22)28-23(30)16-31-21-11-7-5-9-19(21)27(25(31)33)17-29(18-27)24(32)26(2)13-14-26/h5,7,9,11H,3-4,6,8,10,12-18H2,1-2H3. The number of imidazole rings is 1. The van der Waals surface area contributed by atoms with Gasteiger partial charge in [-0.15, -0.1) is 0 Å². The Morgan fingerprint density at radius 2 is 1.88 bits per heavy atom. The zero-order valence-corrected chi connectivity index (χ0v) is 19.9. The summed E-state index contributed by atoms with van der Waals surface area (Å²) >= 11 is 0. The number of aromatic nitrogens is 2. The van der Waals surface area contributed by atoms with E-state index in [1.165, 1.54) is 24.2 Å². The van der Waals surface area contributed by atoms with Gasteiger partial charge in [0.05, 0.1) is 12.2 Å². The number of fused-ring (bicyclic) bond motifs is 3. The molecular formula is C27H34N4O2. The number of carbonyl (C=O) groups excluding carboxylic acids is 2. The summed E-state index contributed by atoms with van der Waals surface area (Å²) in [6.07, 6.45) is 8.77. The first-order chi connectivity index (χ1) is 16.0. The molecule has 33 heavy (non-hydrogen) atoms. The molecule has 2 amide bonds. The number of benzene rings is 1. The van der Waals surface area contributed by atoms with Gasteiger partial charge in [0.2, 0.25) is 11.8 Å². The highest BCUT2D eigenvalue weighted by Gasteiger charge is 2.61. The van der Waals surface area contributed by atoms with E-state index < -0.39 is 5.41 Å². The van der Waals surface area contributed by atoms with Crippen LogP contribution in [0, 0.1) is 5.41 Å². The van der Waals surface area contributed by atoms with E-state index >= 15 is 0 Å². The fourth-order valence-corrected chi connectivity index (χ4v) is 6.09. The second-order valence-corrected chi connectivity index (χ2v) is 10.8. The van der Waals surface area contributed by atoms with E-state index in [2.05, 4.69) is 30.5 Å². The highest BCUT2D eigenvalue weighted by Crippen LogP contribution is 2.52. The molecular weight excluding hydrogens is 412 g/mol. The van der Waals surface area contributed by atoms with Gasteiger partial charge in [-0.1, -0.05) is 38.5 Å². The van der Waals surface area contributed by atoms with Crippen molar-refractivity contribution in [2.45, 2.75) is 83.7 Å². The Bertz CT molecular complexity index is 1120. The van der Waals surface area contributed by atoms with Crippen molar-refractivity contribution in [1.29, 1.82) is 0 Å². The maximum atomic E-state index is 13.9. The molecule has 3 heterocycles. The third-order valence-corrected chi connectivity index (χ3v) is 8.44. The van der Waals surface area contributed by atoms with Gasteiger partial charge in [-0.25, -0.2) is 4.98 Å². The first-order valence-electron chi connectivity index (χ1n) is 12.7. The van der Waals surface area contributed by atoms with Gasteiger partial charge >= 0.3 is 0 Å². The van der Waals surface area contributed by atoms with Crippen molar-refractivity contribution in [1.82, 2.24) is 14.5 Å². The van der Waals surface area contributed by atoms with E-state index in [4.69, 9.17) is 4.98 Å². The molecule has 0 bridgehead atoms. The Labute approximate surface area is 196 Å². The number of amides is 2. The van der Waals surface area contributed by atoms with Crippen molar-refractivity contribution in [2.24, 2.45) is 5.41 Å². The van der Waals surface area contributed by atoms with E-state index in [-0.39, 0.29) is 17.2 Å². The molecule has 0 unspecified atom stereocenters. The Hall–Kier alpha value is -2.63. The number of rotatable bonds is 6. The number of hydrogen-bond donors (Lipinski definition) is 0. The van der Waals surface area contributed by atoms with E-state index in [0.717, 1.165) is 62.1 Å². The predicted octanol–water partition coefficient (Wildman–Crippen LogP) is 3.99. The van der Waals surface area contributed by atoms with Crippen LogP contribution in [0.5, 0.6) is 0 Å². The number of nitrogens with zero attached hydrogens (tertiary/aromatic N) is 4. The van der Waals surface area contributed by atoms with Crippen LogP contribution < -0.4 is 4.90 Å². The molecule has 174 valence electrons. The van der Waals surface area contributed by atoms with E-state index in [9.17, 15) is 9.59 Å². The van der Waals surface area contributed by atoms with Crippen LogP contribution in [-0.2, 0) is 40.9 Å². The van der Waals surface area contributed by atoms with Crippen molar-refractivity contribution in [3.05, 3.63) is 47.0 Å². The molecule has 0 N–H and O–H groups in total. The lowest BCUT2D eigenvalue weighted by Gasteiger charge is -2.47. The smallest absolute Gasteiger partial charge is 0.241 e. The largest absolute Gasteiger partial charge is 0.339 e. The first kappa shape index (κ1) is 20.9. The van der Waals surface area contributed by atoms with E-state index in [1.807, 2.05) is 21.9 Å². The highest BCUT2D eigenvalue weighted by molar-refractivity contribution is 6.10. The fraction of sp³-hybridized carbons (Fsp3) is 0.593. The third-order valence-electron chi connectivity index (χ3n) is 8.44. The van der Waals surface area contributed by atoms with Gasteiger partial charge in [0.1, 0.15) is 11.2 Å². The predicted molar refractivity (Wildman–Crippen MR) is 127 cm³/mol. The van der Waals surface area contributed by atoms with Crippen molar-refractivity contribution in [2.75, 3.05) is 18.0 Å². The summed E-state index contributed by atoms with van der Waals surface area (Å²) in [5.41, 5.74) is 3.92. The Morgan fingerprint density at radius 1 is 1.12 bits per heavy atom. The summed E-state index contributed by atoms with van der Waals surface area (Å²) in [6.45, 7) is 6.78. The molecule has 1 aromatic carbocycles. The molecule has 2 aliphatic carbocycles. The second kappa shape index (κ2) is 7.44. The molecule has 2 fully saturated rings. The summed E-state index contributed by atoms with van der Waals surface area (Å²) in [4.78, 5) is 35.7. The average Bonchev–Trinajstić information content (AvgIpc) is 3.38. The van der Waals surface area contributed by atoms with Crippen LogP contribution in [0.1, 0.15) is 75.1 Å². The SMILES string of the molecule is CCCCn1c(CN2C(=O)C3(CN(C(=O)C4(C)CC4)C3)c3ccccc32)nc2c1CCCC2. The number of likely N-dealkylation sites (tertiary alicyclic amines) is 1. The van der Waals surface area contributed by atoms with Crippen LogP contribution in [0.25, 0.3) is 0 Å². The lowest BCUT2D eigenvalue weighted by molar-refractivity contribution is -0.148. The summed E-state index contributed by atoms with van der Waals surface area (Å²) in [7, 11) is 0. The molecule has 0 atom stereocenters. The van der Waals surface area contributed by atoms with E-state index in [1.54, 1.807) is 0 Å². The molecule has 6 rings (SSSR count). The molecule has 1 aromatic heterocycles. The van der Waals surface area contributed by atoms with Gasteiger partial charge in [-0.3, -0.25) is 9.59 Å². The van der Waals surface area contributed by atoms with Crippen molar-refractivity contribution in [3.8, 4) is 0 Å². The lowest BCUT2D eigenvalue weighted by Crippen LogP contribution is -2.66. The summed E-state index contributed by atoms with van der Waals surface area (Å²) in [5.74, 6) is 1.38. The number of para-hydroxylation sites is 1. The van der Waals surface area contributed by atoms with Gasteiger partial charge in [0.15, 0.2) is 0 Å². The molecule has 6 heteroatoms. The maximum absolute atomic E-state index is 13.9. The van der Waals surface area contributed by atoms with Gasteiger partial charge in [-0.2, -0.15) is 0 Å². The monoisotopic (exact) mass is 446 g/mol. The molecule has 4 aliphatic rings. The maximum Gasteiger partial charge on any atom is 0.241 e. The lowest BCUT2D eigenvalue weighted by atomic mass is 9.74. The van der Waals surface area contributed by atoms with Crippen molar-refractivity contribution < 1.29 is 9.59 Å². The quantitative estimate of drug-likeness (QED) is 0.674. The number of unbranched alkanes of at least 4 members (excludes halogenated alkanes) is 1. The zero-order chi connectivity index (χ0) is 22.8. The van der Waals surface area contributed by atoms with Gasteiger partial charge in [-0.05, 0) is 56.6 Å². The Balaban J connectivity index is 1.31. The second-order valence-electron chi connectivity index (χ2n) is 10.8. The van der Waals surface area contributed by atoms with E-state index in [0.29, 0.717) is 19.6 Å². The molecule has 2 aliphatic heterocycles. The van der Waals surface area contributed by atoms with Crippen LogP contribution in [0.3, 0.4) is 0 Å². The van der Waals surface area contributed by atoms with Crippen LogP contribution in [-0.4, -0.2) is 39.4 Å². The van der Waals surface area contributed by atoms with Crippen molar-refractivity contribution in [3.63, 3.8) is 0 Å². The Kier molecular flexibility index (Phi) is 4.72.